The summed E-state index contributed by atoms with van der Waals surface area (Å²) in [5, 5.41) is 4.56. The second-order valence-corrected chi connectivity index (χ2v) is 7.46. The van der Waals surface area contributed by atoms with Gasteiger partial charge >= 0.3 is 0 Å². The molecule has 0 aliphatic rings. The summed E-state index contributed by atoms with van der Waals surface area (Å²) in [7, 11) is 0. The molecule has 5 rings (SSSR count). The van der Waals surface area contributed by atoms with Gasteiger partial charge < -0.3 is 9.73 Å². The van der Waals surface area contributed by atoms with Crippen LogP contribution in [0.1, 0.15) is 24.9 Å². The Morgan fingerprint density at radius 3 is 2.03 bits per heavy atom. The smallest absolute Gasteiger partial charge is 0.232 e. The van der Waals surface area contributed by atoms with Gasteiger partial charge in [-0.3, -0.25) is 0 Å². The largest absolute Gasteiger partial charge is 0.437 e. The average molecular weight is 406 g/mol. The van der Waals surface area contributed by atoms with Crippen molar-refractivity contribution in [1.29, 1.82) is 0 Å². The van der Waals surface area contributed by atoms with E-state index in [-0.39, 0.29) is 6.04 Å². The van der Waals surface area contributed by atoms with Crippen LogP contribution in [0.5, 0.6) is 0 Å². The van der Waals surface area contributed by atoms with Crippen LogP contribution >= 0.6 is 0 Å². The van der Waals surface area contributed by atoms with Crippen LogP contribution < -0.4 is 5.32 Å². The third-order valence-corrected chi connectivity index (χ3v) is 5.51. The predicted octanol–water partition coefficient (Wildman–Crippen LogP) is 7.12. The van der Waals surface area contributed by atoms with Crippen LogP contribution in [0, 0.1) is 0 Å². The molecule has 0 amide bonds. The molecule has 2 heterocycles. The van der Waals surface area contributed by atoms with Gasteiger partial charge in [-0.1, -0.05) is 97.9 Å². The third-order valence-electron chi connectivity index (χ3n) is 5.51. The molecule has 1 atom stereocenters. The number of nitrogens with zero attached hydrogens (tertiary/aromatic N) is 2. The summed E-state index contributed by atoms with van der Waals surface area (Å²) in [6, 6.07) is 31.0. The molecular weight excluding hydrogens is 382 g/mol. The first-order valence-electron chi connectivity index (χ1n) is 10.5. The second kappa shape index (κ2) is 8.44. The molecule has 31 heavy (non-hydrogen) atoms. The van der Waals surface area contributed by atoms with Crippen molar-refractivity contribution in [3.8, 4) is 22.5 Å². The lowest BCUT2D eigenvalue weighted by molar-refractivity contribution is 0.618. The first-order chi connectivity index (χ1) is 15.3. The van der Waals surface area contributed by atoms with E-state index in [0.717, 1.165) is 40.1 Å². The molecule has 1 unspecified atom stereocenters. The summed E-state index contributed by atoms with van der Waals surface area (Å²) in [6.45, 7) is 2.17. The standard InChI is InChI=1S/C27H23N3O/c1-2-22(19-12-6-3-7-13-19)30-26-24-23(20-14-8-4-9-15-20)25(21-16-10-5-11-17-21)31-27(24)29-18-28-26/h3-18,22H,2H2,1H3,(H,28,29,30). The fraction of sp³-hybridized carbons (Fsp3) is 0.111. The molecule has 0 radical (unpaired) electrons. The Hall–Kier alpha value is -3.92. The molecule has 0 spiro atoms. The highest BCUT2D eigenvalue weighted by molar-refractivity contribution is 6.05. The summed E-state index contributed by atoms with van der Waals surface area (Å²) in [6.07, 6.45) is 2.50. The van der Waals surface area contributed by atoms with E-state index in [1.807, 2.05) is 42.5 Å². The van der Waals surface area contributed by atoms with Crippen molar-refractivity contribution < 1.29 is 4.42 Å². The minimum absolute atomic E-state index is 0.137. The van der Waals surface area contributed by atoms with E-state index in [2.05, 4.69) is 70.7 Å². The monoisotopic (exact) mass is 405 g/mol. The summed E-state index contributed by atoms with van der Waals surface area (Å²) in [4.78, 5) is 9.09. The van der Waals surface area contributed by atoms with E-state index in [4.69, 9.17) is 4.42 Å². The van der Waals surface area contributed by atoms with Gasteiger partial charge in [0.15, 0.2) is 0 Å². The Morgan fingerprint density at radius 2 is 1.39 bits per heavy atom. The van der Waals surface area contributed by atoms with Gasteiger partial charge in [0, 0.05) is 11.1 Å². The molecule has 4 nitrogen and oxygen atoms in total. The van der Waals surface area contributed by atoms with E-state index in [1.54, 1.807) is 6.33 Å². The molecule has 3 aromatic carbocycles. The van der Waals surface area contributed by atoms with Crippen molar-refractivity contribution in [2.45, 2.75) is 19.4 Å². The zero-order chi connectivity index (χ0) is 21.0. The Kier molecular flexibility index (Phi) is 5.19. The molecule has 152 valence electrons. The van der Waals surface area contributed by atoms with Gasteiger partial charge in [-0.2, -0.15) is 0 Å². The molecule has 4 heteroatoms. The van der Waals surface area contributed by atoms with Crippen molar-refractivity contribution in [3.63, 3.8) is 0 Å². The number of hydrogen-bond donors (Lipinski definition) is 1. The van der Waals surface area contributed by atoms with Crippen LogP contribution in [-0.4, -0.2) is 9.97 Å². The van der Waals surface area contributed by atoms with Crippen molar-refractivity contribution in [3.05, 3.63) is 103 Å². The summed E-state index contributed by atoms with van der Waals surface area (Å²) >= 11 is 0. The van der Waals surface area contributed by atoms with Crippen molar-refractivity contribution >= 4 is 16.9 Å². The number of nitrogens with one attached hydrogen (secondary N) is 1. The topological polar surface area (TPSA) is 51.0 Å². The molecule has 0 fully saturated rings. The molecule has 0 saturated carbocycles. The van der Waals surface area contributed by atoms with E-state index >= 15 is 0 Å². The summed E-state index contributed by atoms with van der Waals surface area (Å²) in [5.74, 6) is 1.59. The second-order valence-electron chi connectivity index (χ2n) is 7.46. The Bertz CT molecular complexity index is 1280. The molecular formula is C27H23N3O. The number of aromatic nitrogens is 2. The van der Waals surface area contributed by atoms with E-state index in [9.17, 15) is 0 Å². The number of furan rings is 1. The first-order valence-corrected chi connectivity index (χ1v) is 10.5. The van der Waals surface area contributed by atoms with Gasteiger partial charge in [-0.25, -0.2) is 9.97 Å². The first kappa shape index (κ1) is 19.1. The summed E-state index contributed by atoms with van der Waals surface area (Å²) < 4.78 is 6.31. The lowest BCUT2D eigenvalue weighted by Gasteiger charge is -2.18. The fourth-order valence-electron chi connectivity index (χ4n) is 3.99. The summed E-state index contributed by atoms with van der Waals surface area (Å²) in [5.41, 5.74) is 4.90. The minimum atomic E-state index is 0.137. The highest BCUT2D eigenvalue weighted by atomic mass is 16.3. The van der Waals surface area contributed by atoms with E-state index in [1.165, 1.54) is 5.56 Å². The maximum atomic E-state index is 6.31. The lowest BCUT2D eigenvalue weighted by atomic mass is 9.99. The Morgan fingerprint density at radius 1 is 0.774 bits per heavy atom. The van der Waals surface area contributed by atoms with Gasteiger partial charge in [-0.05, 0) is 17.5 Å². The van der Waals surface area contributed by atoms with Gasteiger partial charge in [0.05, 0.1) is 11.4 Å². The van der Waals surface area contributed by atoms with Gasteiger partial charge in [0.1, 0.15) is 17.9 Å². The number of fused-ring (bicyclic) bond motifs is 1. The number of hydrogen-bond acceptors (Lipinski definition) is 4. The minimum Gasteiger partial charge on any atom is -0.437 e. The maximum Gasteiger partial charge on any atom is 0.232 e. The lowest BCUT2D eigenvalue weighted by Crippen LogP contribution is -2.11. The molecule has 2 aromatic heterocycles. The quantitative estimate of drug-likeness (QED) is 0.327. The zero-order valence-corrected chi connectivity index (χ0v) is 17.3. The van der Waals surface area contributed by atoms with E-state index < -0.39 is 0 Å². The van der Waals surface area contributed by atoms with Crippen molar-refractivity contribution in [1.82, 2.24) is 9.97 Å². The van der Waals surface area contributed by atoms with Crippen LogP contribution in [0.2, 0.25) is 0 Å². The van der Waals surface area contributed by atoms with Crippen LogP contribution in [0.15, 0.2) is 102 Å². The average Bonchev–Trinajstić information content (AvgIpc) is 3.25. The Labute approximate surface area is 181 Å². The van der Waals surface area contributed by atoms with Crippen LogP contribution in [0.4, 0.5) is 5.82 Å². The number of rotatable bonds is 6. The zero-order valence-electron chi connectivity index (χ0n) is 17.3. The maximum absolute atomic E-state index is 6.31. The van der Waals surface area contributed by atoms with Crippen LogP contribution in [0.3, 0.4) is 0 Å². The SMILES string of the molecule is CCC(Nc1ncnc2oc(-c3ccccc3)c(-c3ccccc3)c12)c1ccccc1. The number of anilines is 1. The van der Waals surface area contributed by atoms with Gasteiger partial charge in [0.2, 0.25) is 5.71 Å². The fourth-order valence-corrected chi connectivity index (χ4v) is 3.99. The van der Waals surface area contributed by atoms with Crippen molar-refractivity contribution in [2.24, 2.45) is 0 Å². The highest BCUT2D eigenvalue weighted by Crippen LogP contribution is 2.43. The molecule has 5 aromatic rings. The third kappa shape index (κ3) is 3.68. The molecule has 1 N–H and O–H groups in total. The number of benzene rings is 3. The van der Waals surface area contributed by atoms with Crippen molar-refractivity contribution in [2.75, 3.05) is 5.32 Å². The predicted molar refractivity (Wildman–Crippen MR) is 126 cm³/mol. The van der Waals surface area contributed by atoms with Crippen LogP contribution in [0.25, 0.3) is 33.6 Å². The molecule has 0 aliphatic heterocycles. The molecule has 0 aliphatic carbocycles. The van der Waals surface area contributed by atoms with Crippen LogP contribution in [-0.2, 0) is 0 Å². The highest BCUT2D eigenvalue weighted by Gasteiger charge is 2.23. The molecule has 0 bridgehead atoms. The van der Waals surface area contributed by atoms with Gasteiger partial charge in [-0.15, -0.1) is 0 Å². The van der Waals surface area contributed by atoms with E-state index in [0.29, 0.717) is 5.71 Å². The normalized spacial score (nSPS) is 12.0. The Balaban J connectivity index is 1.71. The molecule has 0 saturated heterocycles. The van der Waals surface area contributed by atoms with Gasteiger partial charge in [0.25, 0.3) is 0 Å².